The van der Waals surface area contributed by atoms with E-state index in [1.807, 2.05) is 45.0 Å². The number of amides is 2. The van der Waals surface area contributed by atoms with Gasteiger partial charge in [0.25, 0.3) is 5.91 Å². The van der Waals surface area contributed by atoms with Crippen LogP contribution in [-0.4, -0.2) is 28.8 Å². The van der Waals surface area contributed by atoms with Crippen molar-refractivity contribution in [1.82, 2.24) is 4.90 Å². The fourth-order valence-corrected chi connectivity index (χ4v) is 3.36. The molecule has 0 unspecified atom stereocenters. The third-order valence-corrected chi connectivity index (χ3v) is 4.94. The summed E-state index contributed by atoms with van der Waals surface area (Å²) in [5.41, 5.74) is 0.924. The van der Waals surface area contributed by atoms with E-state index in [0.29, 0.717) is 23.3 Å². The topological polar surface area (TPSA) is 49.4 Å². The zero-order valence-electron chi connectivity index (χ0n) is 15.0. The van der Waals surface area contributed by atoms with E-state index < -0.39 is 5.41 Å². The van der Waals surface area contributed by atoms with Gasteiger partial charge in [0.2, 0.25) is 5.91 Å². The predicted molar refractivity (Wildman–Crippen MR) is 96.0 cm³/mol. The maximum Gasteiger partial charge on any atom is 0.254 e. The van der Waals surface area contributed by atoms with Crippen molar-refractivity contribution < 1.29 is 9.59 Å². The molecule has 1 aromatic rings. The third kappa shape index (κ3) is 3.80. The Morgan fingerprint density at radius 1 is 1.04 bits per heavy atom. The van der Waals surface area contributed by atoms with E-state index in [-0.39, 0.29) is 11.8 Å². The van der Waals surface area contributed by atoms with E-state index in [0.717, 1.165) is 25.7 Å². The van der Waals surface area contributed by atoms with E-state index in [2.05, 4.69) is 10.2 Å². The smallest absolute Gasteiger partial charge is 0.254 e. The molecule has 0 heterocycles. The number of hydrogen-bond acceptors (Lipinski definition) is 2. The molecule has 1 N–H and O–H groups in total. The van der Waals surface area contributed by atoms with Crippen LogP contribution in [0.15, 0.2) is 24.3 Å². The molecule has 2 fully saturated rings. The normalized spacial score (nSPS) is 18.5. The molecule has 0 radical (unpaired) electrons. The molecule has 0 bridgehead atoms. The first-order chi connectivity index (χ1) is 11.4. The fraction of sp³-hybridized carbons (Fsp3) is 0.600. The Labute approximate surface area is 144 Å². The quantitative estimate of drug-likeness (QED) is 0.899. The second kappa shape index (κ2) is 6.58. The minimum atomic E-state index is -0.454. The minimum Gasteiger partial charge on any atom is -0.333 e. The molecule has 2 aliphatic carbocycles. The van der Waals surface area contributed by atoms with E-state index in [9.17, 15) is 9.59 Å². The summed E-state index contributed by atoms with van der Waals surface area (Å²) in [5, 5.41) is 2.92. The summed E-state index contributed by atoms with van der Waals surface area (Å²) in [7, 11) is 0. The van der Waals surface area contributed by atoms with Gasteiger partial charge in [-0.25, -0.2) is 0 Å². The lowest BCUT2D eigenvalue weighted by atomic mass is 9.95. The zero-order chi connectivity index (χ0) is 17.3. The number of hydrogen-bond donors (Lipinski definition) is 1. The molecule has 1 aromatic carbocycles. The fourth-order valence-electron chi connectivity index (χ4n) is 3.36. The third-order valence-electron chi connectivity index (χ3n) is 4.94. The monoisotopic (exact) mass is 328 g/mol. The van der Waals surface area contributed by atoms with Crippen molar-refractivity contribution in [3.8, 4) is 0 Å². The first kappa shape index (κ1) is 17.0. The van der Waals surface area contributed by atoms with Crippen molar-refractivity contribution in [3.63, 3.8) is 0 Å². The summed E-state index contributed by atoms with van der Waals surface area (Å²) < 4.78 is 0. The Bertz CT molecular complexity index is 623. The zero-order valence-corrected chi connectivity index (χ0v) is 15.0. The first-order valence-corrected chi connectivity index (χ1v) is 9.10. The van der Waals surface area contributed by atoms with Crippen LogP contribution in [0, 0.1) is 5.41 Å². The minimum absolute atomic E-state index is 0.0399. The Morgan fingerprint density at radius 3 is 2.25 bits per heavy atom. The number of carbonyl (C=O) groups is 2. The van der Waals surface area contributed by atoms with Crippen molar-refractivity contribution in [3.05, 3.63) is 29.8 Å². The van der Waals surface area contributed by atoms with Crippen molar-refractivity contribution >= 4 is 17.5 Å². The molecular weight excluding hydrogens is 300 g/mol. The molecule has 3 rings (SSSR count). The van der Waals surface area contributed by atoms with Crippen LogP contribution in [0.25, 0.3) is 0 Å². The van der Waals surface area contributed by atoms with E-state index in [1.54, 1.807) is 0 Å². The van der Waals surface area contributed by atoms with Crippen LogP contribution in [0.4, 0.5) is 5.69 Å². The van der Waals surface area contributed by atoms with Gasteiger partial charge in [0, 0.05) is 28.7 Å². The molecule has 2 saturated carbocycles. The standard InChI is InChI=1S/C20H28N2O2/c1-20(2,3)19(24)21-15-8-6-7-14(13-15)18(23)22(17-11-12-17)16-9-4-5-10-16/h6-8,13,16-17H,4-5,9-12H2,1-3H3,(H,21,24). The lowest BCUT2D eigenvalue weighted by Crippen LogP contribution is -2.40. The van der Waals surface area contributed by atoms with Crippen LogP contribution < -0.4 is 5.32 Å². The van der Waals surface area contributed by atoms with Gasteiger partial charge in [-0.1, -0.05) is 39.7 Å². The largest absolute Gasteiger partial charge is 0.333 e. The van der Waals surface area contributed by atoms with Gasteiger partial charge in [-0.15, -0.1) is 0 Å². The van der Waals surface area contributed by atoms with E-state index >= 15 is 0 Å². The molecule has 24 heavy (non-hydrogen) atoms. The second-order valence-corrected chi connectivity index (χ2v) is 8.17. The van der Waals surface area contributed by atoms with Crippen LogP contribution in [0.1, 0.15) is 69.7 Å². The highest BCUT2D eigenvalue weighted by Gasteiger charge is 2.38. The maximum atomic E-state index is 13.1. The average Bonchev–Trinajstić information content (AvgIpc) is 3.21. The number of rotatable bonds is 4. The van der Waals surface area contributed by atoms with Crippen molar-refractivity contribution in [2.45, 2.75) is 71.4 Å². The van der Waals surface area contributed by atoms with Crippen molar-refractivity contribution in [2.24, 2.45) is 5.41 Å². The summed E-state index contributed by atoms with van der Waals surface area (Å²) in [6.45, 7) is 5.64. The number of benzene rings is 1. The molecule has 0 spiro atoms. The molecule has 0 saturated heterocycles. The van der Waals surface area contributed by atoms with Crippen molar-refractivity contribution in [2.75, 3.05) is 5.32 Å². The van der Waals surface area contributed by atoms with Gasteiger partial charge >= 0.3 is 0 Å². The van der Waals surface area contributed by atoms with Gasteiger partial charge < -0.3 is 10.2 Å². The van der Waals surface area contributed by atoms with Crippen LogP contribution in [0.3, 0.4) is 0 Å². The Balaban J connectivity index is 1.77. The number of anilines is 1. The summed E-state index contributed by atoms with van der Waals surface area (Å²) in [6.07, 6.45) is 6.96. The lowest BCUT2D eigenvalue weighted by molar-refractivity contribution is -0.123. The van der Waals surface area contributed by atoms with Gasteiger partial charge in [-0.3, -0.25) is 9.59 Å². The van der Waals surface area contributed by atoms with Gasteiger partial charge in [0.1, 0.15) is 0 Å². The van der Waals surface area contributed by atoms with Crippen LogP contribution in [0.5, 0.6) is 0 Å². The molecule has 4 heteroatoms. The molecule has 0 atom stereocenters. The van der Waals surface area contributed by atoms with Gasteiger partial charge in [-0.2, -0.15) is 0 Å². The highest BCUT2D eigenvalue weighted by molar-refractivity contribution is 5.98. The van der Waals surface area contributed by atoms with Crippen LogP contribution in [0.2, 0.25) is 0 Å². The summed E-state index contributed by atoms with van der Waals surface area (Å²) in [4.78, 5) is 27.4. The summed E-state index contributed by atoms with van der Waals surface area (Å²) >= 11 is 0. The SMILES string of the molecule is CC(C)(C)C(=O)Nc1cccc(C(=O)N(C2CCCC2)C2CC2)c1. The van der Waals surface area contributed by atoms with Crippen LogP contribution >= 0.6 is 0 Å². The van der Waals surface area contributed by atoms with Gasteiger partial charge in [0.05, 0.1) is 0 Å². The van der Waals surface area contributed by atoms with Gasteiger partial charge in [-0.05, 0) is 43.9 Å². The summed E-state index contributed by atoms with van der Waals surface area (Å²) in [6, 6.07) is 8.20. The predicted octanol–water partition coefficient (Wildman–Crippen LogP) is 4.22. The molecule has 2 amide bonds. The first-order valence-electron chi connectivity index (χ1n) is 9.10. The Morgan fingerprint density at radius 2 is 1.67 bits per heavy atom. The van der Waals surface area contributed by atoms with Crippen LogP contribution in [-0.2, 0) is 4.79 Å². The average molecular weight is 328 g/mol. The lowest BCUT2D eigenvalue weighted by Gasteiger charge is -2.29. The molecule has 2 aliphatic rings. The second-order valence-electron chi connectivity index (χ2n) is 8.17. The molecule has 0 aromatic heterocycles. The number of nitrogens with zero attached hydrogens (tertiary/aromatic N) is 1. The Kier molecular flexibility index (Phi) is 4.66. The molecule has 130 valence electrons. The maximum absolute atomic E-state index is 13.1. The highest BCUT2D eigenvalue weighted by Crippen LogP contribution is 2.35. The Hall–Kier alpha value is -1.84. The van der Waals surface area contributed by atoms with Gasteiger partial charge in [0.15, 0.2) is 0 Å². The van der Waals surface area contributed by atoms with E-state index in [4.69, 9.17) is 0 Å². The molecular formula is C20H28N2O2. The molecule has 0 aliphatic heterocycles. The number of nitrogens with one attached hydrogen (secondary N) is 1. The highest BCUT2D eigenvalue weighted by atomic mass is 16.2. The number of carbonyl (C=O) groups excluding carboxylic acids is 2. The van der Waals surface area contributed by atoms with E-state index in [1.165, 1.54) is 12.8 Å². The summed E-state index contributed by atoms with van der Waals surface area (Å²) in [5.74, 6) is 0.0817. The van der Waals surface area contributed by atoms with Crippen molar-refractivity contribution in [1.29, 1.82) is 0 Å². The molecule has 4 nitrogen and oxygen atoms in total.